The van der Waals surface area contributed by atoms with Crippen LogP contribution in [0, 0.1) is 37.5 Å². The van der Waals surface area contributed by atoms with Crippen molar-refractivity contribution in [2.75, 3.05) is 0 Å². The molecule has 27 heavy (non-hydrogen) atoms. The van der Waals surface area contributed by atoms with E-state index in [1.165, 1.54) is 89.9 Å². The monoisotopic (exact) mass is 374 g/mol. The SMILES string of the molecule is [CH2]CCCC#CCCCCC(CC)CCC(CC)CCCCCCCC[CH2]. The summed E-state index contributed by atoms with van der Waals surface area (Å²) in [5, 5.41) is 0. The molecule has 0 aliphatic rings. The lowest BCUT2D eigenvalue weighted by Gasteiger charge is -2.19. The molecular formula is C27H50. The maximum absolute atomic E-state index is 3.93. The Morgan fingerprint density at radius 2 is 0.963 bits per heavy atom. The summed E-state index contributed by atoms with van der Waals surface area (Å²) in [7, 11) is 0. The lowest BCUT2D eigenvalue weighted by molar-refractivity contribution is 0.335. The molecule has 0 saturated heterocycles. The molecule has 2 radical (unpaired) electrons. The van der Waals surface area contributed by atoms with Crippen LogP contribution >= 0.6 is 0 Å². The quantitative estimate of drug-likeness (QED) is 0.156. The van der Waals surface area contributed by atoms with Gasteiger partial charge in [0.1, 0.15) is 0 Å². The van der Waals surface area contributed by atoms with Crippen LogP contribution in [0.15, 0.2) is 0 Å². The molecule has 0 aliphatic heterocycles. The van der Waals surface area contributed by atoms with Crippen molar-refractivity contribution in [1.82, 2.24) is 0 Å². The molecule has 0 saturated carbocycles. The second kappa shape index (κ2) is 21.9. The molecule has 2 unspecified atom stereocenters. The molecule has 0 N–H and O–H groups in total. The summed E-state index contributed by atoms with van der Waals surface area (Å²) < 4.78 is 0. The zero-order valence-corrected chi connectivity index (χ0v) is 19.0. The Balaban J connectivity index is 3.71. The first-order valence-electron chi connectivity index (χ1n) is 12.3. The van der Waals surface area contributed by atoms with Crippen LogP contribution in [-0.2, 0) is 0 Å². The molecule has 0 amide bonds. The summed E-state index contributed by atoms with van der Waals surface area (Å²) in [4.78, 5) is 0. The summed E-state index contributed by atoms with van der Waals surface area (Å²) in [5.41, 5.74) is 0. The van der Waals surface area contributed by atoms with Gasteiger partial charge in [-0.25, -0.2) is 0 Å². The predicted molar refractivity (Wildman–Crippen MR) is 125 cm³/mol. The Hall–Kier alpha value is -0.440. The van der Waals surface area contributed by atoms with Gasteiger partial charge in [0, 0.05) is 12.8 Å². The molecule has 0 bridgehead atoms. The first kappa shape index (κ1) is 26.6. The maximum atomic E-state index is 3.93. The summed E-state index contributed by atoms with van der Waals surface area (Å²) in [5.74, 6) is 8.53. The molecular weight excluding hydrogens is 324 g/mol. The minimum atomic E-state index is 0.945. The predicted octanol–water partition coefficient (Wildman–Crippen LogP) is 9.34. The normalized spacial score (nSPS) is 13.2. The van der Waals surface area contributed by atoms with Gasteiger partial charge in [-0.15, -0.1) is 11.8 Å². The highest BCUT2D eigenvalue weighted by molar-refractivity contribution is 4.98. The average molecular weight is 375 g/mol. The van der Waals surface area contributed by atoms with E-state index in [4.69, 9.17) is 0 Å². The van der Waals surface area contributed by atoms with Crippen molar-refractivity contribution in [2.24, 2.45) is 11.8 Å². The fourth-order valence-electron chi connectivity index (χ4n) is 3.93. The van der Waals surface area contributed by atoms with Crippen LogP contribution in [0.25, 0.3) is 0 Å². The van der Waals surface area contributed by atoms with E-state index in [0.717, 1.165) is 43.9 Å². The van der Waals surface area contributed by atoms with E-state index in [1.807, 2.05) is 0 Å². The van der Waals surface area contributed by atoms with E-state index in [1.54, 1.807) is 0 Å². The summed E-state index contributed by atoms with van der Waals surface area (Å²) >= 11 is 0. The molecule has 0 aromatic carbocycles. The van der Waals surface area contributed by atoms with Gasteiger partial charge in [-0.05, 0) is 24.7 Å². The third-order valence-electron chi connectivity index (χ3n) is 6.09. The van der Waals surface area contributed by atoms with Gasteiger partial charge in [0.25, 0.3) is 0 Å². The maximum Gasteiger partial charge on any atom is 0.00886 e. The second-order valence-corrected chi connectivity index (χ2v) is 8.45. The molecule has 0 aromatic rings. The number of hydrogen-bond donors (Lipinski definition) is 0. The van der Waals surface area contributed by atoms with Crippen LogP contribution < -0.4 is 0 Å². The fraction of sp³-hybridized carbons (Fsp3) is 0.852. The van der Waals surface area contributed by atoms with Gasteiger partial charge in [-0.1, -0.05) is 124 Å². The van der Waals surface area contributed by atoms with E-state index in [2.05, 4.69) is 39.5 Å². The van der Waals surface area contributed by atoms with E-state index in [-0.39, 0.29) is 0 Å². The molecule has 0 fully saturated rings. The Morgan fingerprint density at radius 3 is 1.48 bits per heavy atom. The summed E-state index contributed by atoms with van der Waals surface area (Å²) in [6.07, 6.45) is 25.1. The fourth-order valence-corrected chi connectivity index (χ4v) is 3.93. The van der Waals surface area contributed by atoms with Crippen molar-refractivity contribution in [3.8, 4) is 11.8 Å². The van der Waals surface area contributed by atoms with Gasteiger partial charge >= 0.3 is 0 Å². The topological polar surface area (TPSA) is 0 Å². The van der Waals surface area contributed by atoms with Crippen LogP contribution in [-0.4, -0.2) is 0 Å². The zero-order valence-electron chi connectivity index (χ0n) is 19.0. The van der Waals surface area contributed by atoms with Gasteiger partial charge in [0.2, 0.25) is 0 Å². The van der Waals surface area contributed by atoms with Crippen LogP contribution in [0.4, 0.5) is 0 Å². The van der Waals surface area contributed by atoms with Crippen molar-refractivity contribution < 1.29 is 0 Å². The molecule has 0 aromatic heterocycles. The highest BCUT2D eigenvalue weighted by atomic mass is 14.2. The van der Waals surface area contributed by atoms with Crippen LogP contribution in [0.5, 0.6) is 0 Å². The Bertz CT molecular complexity index is 332. The third-order valence-corrected chi connectivity index (χ3v) is 6.09. The summed E-state index contributed by atoms with van der Waals surface area (Å²) in [6.45, 7) is 12.6. The van der Waals surface area contributed by atoms with Crippen LogP contribution in [0.2, 0.25) is 0 Å². The van der Waals surface area contributed by atoms with Crippen molar-refractivity contribution in [3.63, 3.8) is 0 Å². The minimum absolute atomic E-state index is 0.945. The molecule has 2 atom stereocenters. The van der Waals surface area contributed by atoms with Crippen molar-refractivity contribution in [1.29, 1.82) is 0 Å². The third kappa shape index (κ3) is 18.7. The highest BCUT2D eigenvalue weighted by Crippen LogP contribution is 2.26. The molecule has 0 aliphatic carbocycles. The van der Waals surface area contributed by atoms with Crippen LogP contribution in [0.3, 0.4) is 0 Å². The molecule has 158 valence electrons. The highest BCUT2D eigenvalue weighted by Gasteiger charge is 2.11. The van der Waals surface area contributed by atoms with Crippen molar-refractivity contribution in [3.05, 3.63) is 13.8 Å². The Labute approximate surface area is 173 Å². The molecule has 0 heteroatoms. The first-order valence-corrected chi connectivity index (χ1v) is 12.3. The van der Waals surface area contributed by atoms with Crippen molar-refractivity contribution >= 4 is 0 Å². The molecule has 0 nitrogen and oxygen atoms in total. The smallest absolute Gasteiger partial charge is 0.00886 e. The summed E-state index contributed by atoms with van der Waals surface area (Å²) in [6, 6.07) is 0. The van der Waals surface area contributed by atoms with Gasteiger partial charge in [-0.2, -0.15) is 0 Å². The lowest BCUT2D eigenvalue weighted by Crippen LogP contribution is -2.05. The largest absolute Gasteiger partial charge is 0.103 e. The van der Waals surface area contributed by atoms with Gasteiger partial charge in [0.05, 0.1) is 0 Å². The van der Waals surface area contributed by atoms with E-state index >= 15 is 0 Å². The zero-order chi connectivity index (χ0) is 20.0. The van der Waals surface area contributed by atoms with Crippen molar-refractivity contribution in [2.45, 2.75) is 136 Å². The first-order chi connectivity index (χ1) is 13.3. The Morgan fingerprint density at radius 1 is 0.519 bits per heavy atom. The molecule has 0 rings (SSSR count). The van der Waals surface area contributed by atoms with Gasteiger partial charge in [0.15, 0.2) is 0 Å². The standard InChI is InChI=1S/C27H50/c1-5-9-11-13-15-17-19-21-23-27(8-4)25-24-26(7-3)22-20-18-16-14-12-10-6-2/h26-27H,1-2,5-12,14,16-25H2,3-4H3. The second-order valence-electron chi connectivity index (χ2n) is 8.45. The van der Waals surface area contributed by atoms with Crippen LogP contribution in [0.1, 0.15) is 136 Å². The Kier molecular flexibility index (Phi) is 21.5. The lowest BCUT2D eigenvalue weighted by atomic mass is 9.87. The molecule has 0 spiro atoms. The minimum Gasteiger partial charge on any atom is -0.103 e. The number of unbranched alkanes of at least 4 members (excludes halogenated alkanes) is 10. The average Bonchev–Trinajstić information content (AvgIpc) is 2.69. The van der Waals surface area contributed by atoms with E-state index in [0.29, 0.717) is 0 Å². The van der Waals surface area contributed by atoms with Gasteiger partial charge in [-0.3, -0.25) is 0 Å². The number of rotatable bonds is 19. The molecule has 0 heterocycles. The van der Waals surface area contributed by atoms with E-state index in [9.17, 15) is 0 Å². The van der Waals surface area contributed by atoms with Gasteiger partial charge < -0.3 is 0 Å². The number of hydrogen-bond acceptors (Lipinski definition) is 0. The van der Waals surface area contributed by atoms with E-state index < -0.39 is 0 Å².